The van der Waals surface area contributed by atoms with Crippen LogP contribution in [0.2, 0.25) is 10.0 Å². The highest BCUT2D eigenvalue weighted by Gasteiger charge is 2.27. The number of ether oxygens (including phenoxy) is 1. The fourth-order valence-corrected chi connectivity index (χ4v) is 3.26. The van der Waals surface area contributed by atoms with Gasteiger partial charge in [0, 0.05) is 16.2 Å². The minimum absolute atomic E-state index is 0.0325. The molecule has 0 aliphatic heterocycles. The van der Waals surface area contributed by atoms with E-state index < -0.39 is 6.04 Å². The Kier molecular flexibility index (Phi) is 9.04. The molecule has 8 heteroatoms. The number of carbonyl (C=O) groups is 2. The summed E-state index contributed by atoms with van der Waals surface area (Å²) in [4.78, 5) is 26.9. The van der Waals surface area contributed by atoms with E-state index in [1.54, 1.807) is 37.3 Å². The Balaban J connectivity index is 2.17. The number of halogens is 3. The lowest BCUT2D eigenvalue weighted by Crippen LogP contribution is -2.50. The molecule has 0 saturated heterocycles. The maximum atomic E-state index is 12.9. The van der Waals surface area contributed by atoms with E-state index in [0.717, 1.165) is 9.13 Å². The molecule has 0 spiro atoms. The fourth-order valence-electron chi connectivity index (χ4n) is 2.58. The molecule has 156 valence electrons. The van der Waals surface area contributed by atoms with Gasteiger partial charge in [-0.1, -0.05) is 29.3 Å². The molecule has 0 bridgehead atoms. The van der Waals surface area contributed by atoms with Gasteiger partial charge in [-0.05, 0) is 85.3 Å². The van der Waals surface area contributed by atoms with Gasteiger partial charge in [0.05, 0.1) is 10.0 Å². The number of benzene rings is 2. The van der Waals surface area contributed by atoms with Gasteiger partial charge in [-0.15, -0.1) is 0 Å². The summed E-state index contributed by atoms with van der Waals surface area (Å²) in [6.07, 6.45) is 0. The quantitative estimate of drug-likeness (QED) is 0.476. The lowest BCUT2D eigenvalue weighted by atomic mass is 10.1. The molecular formula is C21H23Cl2IN2O3. The van der Waals surface area contributed by atoms with Crippen LogP contribution in [0.5, 0.6) is 5.75 Å². The van der Waals surface area contributed by atoms with Crippen molar-refractivity contribution in [3.05, 3.63) is 61.6 Å². The van der Waals surface area contributed by atoms with Crippen LogP contribution in [0.15, 0.2) is 42.5 Å². The van der Waals surface area contributed by atoms with Crippen molar-refractivity contribution in [2.45, 2.75) is 39.4 Å². The molecule has 0 unspecified atom stereocenters. The summed E-state index contributed by atoms with van der Waals surface area (Å²) < 4.78 is 6.69. The first-order chi connectivity index (χ1) is 13.7. The summed E-state index contributed by atoms with van der Waals surface area (Å²) in [5.41, 5.74) is 0.770. The van der Waals surface area contributed by atoms with Crippen LogP contribution in [-0.2, 0) is 16.1 Å². The summed E-state index contributed by atoms with van der Waals surface area (Å²) in [6, 6.07) is 11.8. The molecular weight excluding hydrogens is 526 g/mol. The molecule has 2 rings (SSSR count). The molecule has 1 N–H and O–H groups in total. The molecule has 2 aromatic rings. The standard InChI is InChI=1S/C21H23Cl2IN2O3/c1-13(2)25-21(28)14(3)26(11-15-4-9-18(22)19(23)10-15)20(27)12-29-17-7-5-16(24)6-8-17/h4-10,13-14H,11-12H2,1-3H3,(H,25,28)/t14-/m0/s1. The van der Waals surface area contributed by atoms with Crippen molar-refractivity contribution in [2.24, 2.45) is 0 Å². The summed E-state index contributed by atoms with van der Waals surface area (Å²) in [6.45, 7) is 5.46. The lowest BCUT2D eigenvalue weighted by Gasteiger charge is -2.29. The first-order valence-corrected chi connectivity index (χ1v) is 10.9. The van der Waals surface area contributed by atoms with Crippen LogP contribution in [0, 0.1) is 3.57 Å². The fraction of sp³-hybridized carbons (Fsp3) is 0.333. The van der Waals surface area contributed by atoms with Gasteiger partial charge in [-0.3, -0.25) is 9.59 Å². The third-order valence-corrected chi connectivity index (χ3v) is 5.57. The van der Waals surface area contributed by atoms with E-state index in [9.17, 15) is 9.59 Å². The molecule has 0 fully saturated rings. The van der Waals surface area contributed by atoms with Crippen molar-refractivity contribution in [3.8, 4) is 5.75 Å². The number of nitrogens with one attached hydrogen (secondary N) is 1. The average molecular weight is 549 g/mol. The SMILES string of the molecule is CC(C)NC(=O)[C@H](C)N(Cc1ccc(Cl)c(Cl)c1)C(=O)COc1ccc(I)cc1. The Morgan fingerprint density at radius 2 is 1.72 bits per heavy atom. The summed E-state index contributed by atoms with van der Waals surface area (Å²) >= 11 is 14.3. The summed E-state index contributed by atoms with van der Waals surface area (Å²) in [5, 5.41) is 3.67. The Labute approximate surface area is 194 Å². The Hall–Kier alpha value is -1.51. The van der Waals surface area contributed by atoms with Crippen molar-refractivity contribution in [2.75, 3.05) is 6.61 Å². The van der Waals surface area contributed by atoms with Gasteiger partial charge in [-0.25, -0.2) is 0 Å². The molecule has 2 amide bonds. The van der Waals surface area contributed by atoms with Gasteiger partial charge >= 0.3 is 0 Å². The zero-order valence-electron chi connectivity index (χ0n) is 16.4. The maximum absolute atomic E-state index is 12.9. The zero-order valence-corrected chi connectivity index (χ0v) is 20.1. The number of nitrogens with zero attached hydrogens (tertiary/aromatic N) is 1. The first kappa shape index (κ1) is 23.8. The van der Waals surface area contributed by atoms with Crippen LogP contribution in [-0.4, -0.2) is 35.4 Å². The smallest absolute Gasteiger partial charge is 0.261 e. The van der Waals surface area contributed by atoms with E-state index in [0.29, 0.717) is 15.8 Å². The van der Waals surface area contributed by atoms with Gasteiger partial charge in [0.15, 0.2) is 6.61 Å². The van der Waals surface area contributed by atoms with E-state index in [4.69, 9.17) is 27.9 Å². The highest BCUT2D eigenvalue weighted by molar-refractivity contribution is 14.1. The topological polar surface area (TPSA) is 58.6 Å². The first-order valence-electron chi connectivity index (χ1n) is 9.09. The normalized spacial score (nSPS) is 11.8. The summed E-state index contributed by atoms with van der Waals surface area (Å²) in [7, 11) is 0. The maximum Gasteiger partial charge on any atom is 0.261 e. The van der Waals surface area contributed by atoms with E-state index in [1.165, 1.54) is 4.90 Å². The van der Waals surface area contributed by atoms with Gasteiger partial charge in [0.1, 0.15) is 11.8 Å². The minimum atomic E-state index is -0.681. The monoisotopic (exact) mass is 548 g/mol. The molecule has 1 atom stereocenters. The molecule has 0 aliphatic rings. The van der Waals surface area contributed by atoms with Crippen molar-refractivity contribution in [1.82, 2.24) is 10.2 Å². The van der Waals surface area contributed by atoms with Crippen molar-refractivity contribution in [1.29, 1.82) is 0 Å². The number of hydrogen-bond acceptors (Lipinski definition) is 3. The second-order valence-electron chi connectivity index (χ2n) is 6.85. The molecule has 0 radical (unpaired) electrons. The van der Waals surface area contributed by atoms with E-state index in [1.807, 2.05) is 26.0 Å². The van der Waals surface area contributed by atoms with Crippen LogP contribution >= 0.6 is 45.8 Å². The van der Waals surface area contributed by atoms with Gasteiger partial charge in [-0.2, -0.15) is 0 Å². The largest absolute Gasteiger partial charge is 0.484 e. The van der Waals surface area contributed by atoms with Crippen molar-refractivity contribution < 1.29 is 14.3 Å². The van der Waals surface area contributed by atoms with Gasteiger partial charge in [0.2, 0.25) is 5.91 Å². The van der Waals surface area contributed by atoms with Crippen LogP contribution in [0.1, 0.15) is 26.3 Å². The predicted molar refractivity (Wildman–Crippen MR) is 124 cm³/mol. The molecule has 29 heavy (non-hydrogen) atoms. The van der Waals surface area contributed by atoms with Gasteiger partial charge in [0.25, 0.3) is 5.91 Å². The highest BCUT2D eigenvalue weighted by Crippen LogP contribution is 2.24. The van der Waals surface area contributed by atoms with E-state index >= 15 is 0 Å². The minimum Gasteiger partial charge on any atom is -0.484 e. The zero-order chi connectivity index (χ0) is 21.6. The Bertz CT molecular complexity index is 860. The second kappa shape index (κ2) is 11.0. The number of hydrogen-bond donors (Lipinski definition) is 1. The van der Waals surface area contributed by atoms with E-state index in [2.05, 4.69) is 27.9 Å². The second-order valence-corrected chi connectivity index (χ2v) is 8.91. The molecule has 0 heterocycles. The Morgan fingerprint density at radius 1 is 1.07 bits per heavy atom. The number of rotatable bonds is 8. The average Bonchev–Trinajstić information content (AvgIpc) is 2.67. The van der Waals surface area contributed by atoms with Gasteiger partial charge < -0.3 is 15.0 Å². The summed E-state index contributed by atoms with van der Waals surface area (Å²) in [5.74, 6) is 0.0521. The predicted octanol–water partition coefficient (Wildman–Crippen LogP) is 4.92. The van der Waals surface area contributed by atoms with Crippen molar-refractivity contribution >= 4 is 57.6 Å². The highest BCUT2D eigenvalue weighted by atomic mass is 127. The number of amides is 2. The van der Waals surface area contributed by atoms with E-state index in [-0.39, 0.29) is 31.0 Å². The molecule has 2 aromatic carbocycles. The van der Waals surface area contributed by atoms with Crippen LogP contribution in [0.3, 0.4) is 0 Å². The number of carbonyl (C=O) groups excluding carboxylic acids is 2. The molecule has 0 aliphatic carbocycles. The molecule has 0 saturated carbocycles. The third-order valence-electron chi connectivity index (χ3n) is 4.11. The Morgan fingerprint density at radius 3 is 2.31 bits per heavy atom. The third kappa shape index (κ3) is 7.35. The van der Waals surface area contributed by atoms with Crippen LogP contribution in [0.4, 0.5) is 0 Å². The molecule has 0 aromatic heterocycles. The molecule has 5 nitrogen and oxygen atoms in total. The van der Waals surface area contributed by atoms with Crippen LogP contribution in [0.25, 0.3) is 0 Å². The van der Waals surface area contributed by atoms with Crippen LogP contribution < -0.4 is 10.1 Å². The lowest BCUT2D eigenvalue weighted by molar-refractivity contribution is -0.142. The van der Waals surface area contributed by atoms with Crippen molar-refractivity contribution in [3.63, 3.8) is 0 Å².